The molecule has 4 aliphatic rings. The van der Waals surface area contributed by atoms with E-state index in [2.05, 4.69) is 10.6 Å². The van der Waals surface area contributed by atoms with Crippen molar-refractivity contribution in [2.45, 2.75) is 18.7 Å². The highest BCUT2D eigenvalue weighted by Crippen LogP contribution is 2.40. The van der Waals surface area contributed by atoms with Gasteiger partial charge >= 0.3 is 0 Å². The molecule has 0 aliphatic carbocycles. The van der Waals surface area contributed by atoms with Crippen molar-refractivity contribution in [3.63, 3.8) is 0 Å². The number of benzene rings is 2. The van der Waals surface area contributed by atoms with Gasteiger partial charge in [-0.25, -0.2) is 0 Å². The lowest BCUT2D eigenvalue weighted by Gasteiger charge is -2.22. The Balaban J connectivity index is 1.33. The van der Waals surface area contributed by atoms with Crippen LogP contribution in [0.2, 0.25) is 0 Å². The van der Waals surface area contributed by atoms with Gasteiger partial charge in [0.2, 0.25) is 0 Å². The van der Waals surface area contributed by atoms with E-state index in [4.69, 9.17) is 28.4 Å². The van der Waals surface area contributed by atoms with Gasteiger partial charge in [0.15, 0.2) is 18.1 Å². The van der Waals surface area contributed by atoms with E-state index in [1.54, 1.807) is 40.6 Å². The van der Waals surface area contributed by atoms with Gasteiger partial charge in [-0.2, -0.15) is 0 Å². The molecule has 2 N–H and O–H groups in total. The van der Waals surface area contributed by atoms with E-state index >= 15 is 0 Å². The van der Waals surface area contributed by atoms with Gasteiger partial charge in [-0.15, -0.1) is 11.3 Å². The Labute approximate surface area is 245 Å². The Morgan fingerprint density at radius 2 is 1.86 bits per heavy atom. The molecule has 2 aromatic carbocycles. The third-order valence-electron chi connectivity index (χ3n) is 7.14. The van der Waals surface area contributed by atoms with Gasteiger partial charge in [-0.05, 0) is 24.3 Å². The van der Waals surface area contributed by atoms with Crippen molar-refractivity contribution < 1.29 is 42.8 Å². The summed E-state index contributed by atoms with van der Waals surface area (Å²) in [5.41, 5.74) is 1.00. The van der Waals surface area contributed by atoms with Crippen molar-refractivity contribution in [3.8, 4) is 34.5 Å². The SMILES string of the molecule is COc1cc2cc(c1)C(=O)N[C@H]1CN(C(=O)c3scc4c3OCCO4)C[C@@H]1Oc1ccc(c(OC)c1)CNC(=O)CO2. The molecule has 1 saturated heterocycles. The van der Waals surface area contributed by atoms with Gasteiger partial charge in [0.05, 0.1) is 26.8 Å². The van der Waals surface area contributed by atoms with Crippen LogP contribution in [0.1, 0.15) is 25.6 Å². The molecule has 1 fully saturated rings. The molecule has 1 aromatic heterocycles. The molecular formula is C29H29N3O9S. The zero-order valence-electron chi connectivity index (χ0n) is 23.0. The molecule has 0 radical (unpaired) electrons. The lowest BCUT2D eigenvalue weighted by Crippen LogP contribution is -2.45. The third-order valence-corrected chi connectivity index (χ3v) is 8.06. The zero-order valence-corrected chi connectivity index (χ0v) is 23.8. The third kappa shape index (κ3) is 5.59. The number of hydrogen-bond acceptors (Lipinski definition) is 10. The molecule has 0 saturated carbocycles. The van der Waals surface area contributed by atoms with Crippen molar-refractivity contribution in [2.75, 3.05) is 47.1 Å². The maximum absolute atomic E-state index is 13.6. The van der Waals surface area contributed by atoms with E-state index in [1.807, 2.05) is 0 Å². The van der Waals surface area contributed by atoms with Crippen molar-refractivity contribution in [3.05, 3.63) is 57.8 Å². The second-order valence-electron chi connectivity index (χ2n) is 9.84. The molecule has 220 valence electrons. The number of amides is 3. The first-order valence-electron chi connectivity index (χ1n) is 13.3. The number of fused-ring (bicyclic) bond motifs is 8. The Hall–Kier alpha value is -4.65. The topological polar surface area (TPSA) is 134 Å². The lowest BCUT2D eigenvalue weighted by atomic mass is 10.1. The summed E-state index contributed by atoms with van der Waals surface area (Å²) in [6.07, 6.45) is -0.585. The first kappa shape index (κ1) is 27.5. The summed E-state index contributed by atoms with van der Waals surface area (Å²) in [5.74, 6) is 1.68. The highest BCUT2D eigenvalue weighted by molar-refractivity contribution is 7.12. The second kappa shape index (κ2) is 11.7. The molecule has 12 nitrogen and oxygen atoms in total. The number of likely N-dealkylation sites (tertiary alicyclic amines) is 1. The summed E-state index contributed by atoms with van der Waals surface area (Å²) >= 11 is 1.26. The van der Waals surface area contributed by atoms with Crippen molar-refractivity contribution in [1.29, 1.82) is 0 Å². The second-order valence-corrected chi connectivity index (χ2v) is 10.7. The standard InChI is InChI=1S/C29H29N3O9S/c1-36-19-7-17-8-20(9-19)40-14-25(33)30-11-16-3-4-18(10-22(16)37-2)41-23-13-32(12-21(23)31-28(17)34)29(35)27-26-24(15-42-27)38-5-6-39-26/h3-4,7-10,15,21,23H,5-6,11-14H2,1-2H3,(H,30,33)(H,31,34)/t21-,23-/m0/s1. The molecule has 4 aliphatic heterocycles. The highest BCUT2D eigenvalue weighted by Gasteiger charge is 2.40. The summed E-state index contributed by atoms with van der Waals surface area (Å²) in [6.45, 7) is 1.15. The van der Waals surface area contributed by atoms with Crippen LogP contribution in [0.5, 0.6) is 34.5 Å². The molecule has 0 spiro atoms. The van der Waals surface area contributed by atoms with Gasteiger partial charge in [0.1, 0.15) is 47.2 Å². The molecule has 2 atom stereocenters. The molecule has 5 heterocycles. The fraction of sp³-hybridized carbons (Fsp3) is 0.345. The average Bonchev–Trinajstić information content (AvgIpc) is 3.62. The van der Waals surface area contributed by atoms with Crippen LogP contribution < -0.4 is 39.1 Å². The van der Waals surface area contributed by atoms with Gasteiger partial charge < -0.3 is 44.0 Å². The van der Waals surface area contributed by atoms with E-state index < -0.39 is 18.1 Å². The van der Waals surface area contributed by atoms with Crippen LogP contribution in [0.25, 0.3) is 0 Å². The number of hydrogen-bond donors (Lipinski definition) is 2. The minimum atomic E-state index is -0.585. The molecule has 0 unspecified atom stereocenters. The van der Waals surface area contributed by atoms with E-state index in [1.165, 1.54) is 31.6 Å². The van der Waals surface area contributed by atoms with Crippen molar-refractivity contribution in [2.24, 2.45) is 0 Å². The van der Waals surface area contributed by atoms with Gasteiger partial charge in [0.25, 0.3) is 17.7 Å². The summed E-state index contributed by atoms with van der Waals surface area (Å²) in [7, 11) is 3.01. The maximum atomic E-state index is 13.6. The van der Waals surface area contributed by atoms with Crippen LogP contribution >= 0.6 is 11.3 Å². The predicted molar refractivity (Wildman–Crippen MR) is 150 cm³/mol. The summed E-state index contributed by atoms with van der Waals surface area (Å²) < 4.78 is 34.3. The zero-order chi connectivity index (χ0) is 29.2. The fourth-order valence-corrected chi connectivity index (χ4v) is 5.92. The minimum absolute atomic E-state index is 0.198. The molecule has 3 amide bonds. The van der Waals surface area contributed by atoms with Crippen LogP contribution in [0.3, 0.4) is 0 Å². The maximum Gasteiger partial charge on any atom is 0.268 e. The Morgan fingerprint density at radius 3 is 2.69 bits per heavy atom. The highest BCUT2D eigenvalue weighted by atomic mass is 32.1. The summed E-state index contributed by atoms with van der Waals surface area (Å²) in [4.78, 5) is 41.7. The smallest absolute Gasteiger partial charge is 0.268 e. The average molecular weight is 596 g/mol. The Morgan fingerprint density at radius 1 is 1.00 bits per heavy atom. The number of carbonyl (C=O) groups is 3. The van der Waals surface area contributed by atoms with Crippen LogP contribution in [-0.2, 0) is 11.3 Å². The normalized spacial score (nSPS) is 19.9. The van der Waals surface area contributed by atoms with Crippen LogP contribution in [0.4, 0.5) is 0 Å². The number of thiophene rings is 1. The summed E-state index contributed by atoms with van der Waals surface area (Å²) in [5, 5.41) is 7.59. The van der Waals surface area contributed by atoms with Crippen molar-refractivity contribution in [1.82, 2.24) is 15.5 Å². The van der Waals surface area contributed by atoms with Gasteiger partial charge in [0, 0.05) is 41.7 Å². The van der Waals surface area contributed by atoms with Crippen LogP contribution in [0.15, 0.2) is 41.8 Å². The predicted octanol–water partition coefficient (Wildman–Crippen LogP) is 2.25. The molecule has 4 bridgehead atoms. The quantitative estimate of drug-likeness (QED) is 0.468. The number of nitrogens with zero attached hydrogens (tertiary/aromatic N) is 1. The van der Waals surface area contributed by atoms with Crippen LogP contribution in [0, 0.1) is 0 Å². The van der Waals surface area contributed by atoms with E-state index in [0.29, 0.717) is 52.6 Å². The largest absolute Gasteiger partial charge is 0.497 e. The molecular weight excluding hydrogens is 566 g/mol. The Bertz CT molecular complexity index is 1520. The van der Waals surface area contributed by atoms with Gasteiger partial charge in [-0.1, -0.05) is 0 Å². The molecule has 3 aromatic rings. The van der Waals surface area contributed by atoms with E-state index in [0.717, 1.165) is 5.56 Å². The minimum Gasteiger partial charge on any atom is -0.497 e. The Kier molecular flexibility index (Phi) is 7.66. The first-order valence-corrected chi connectivity index (χ1v) is 14.2. The lowest BCUT2D eigenvalue weighted by molar-refractivity contribution is -0.123. The van der Waals surface area contributed by atoms with Crippen LogP contribution in [-0.4, -0.2) is 81.9 Å². The number of nitrogens with one attached hydrogen (secondary N) is 2. The summed E-state index contributed by atoms with van der Waals surface area (Å²) in [6, 6.07) is 9.41. The molecule has 7 rings (SSSR count). The molecule has 42 heavy (non-hydrogen) atoms. The van der Waals surface area contributed by atoms with Gasteiger partial charge in [-0.3, -0.25) is 14.4 Å². The number of carbonyl (C=O) groups excluding carboxylic acids is 3. The number of rotatable bonds is 3. The monoisotopic (exact) mass is 595 g/mol. The molecule has 13 heteroatoms. The number of methoxy groups -OCH3 is 2. The fourth-order valence-electron chi connectivity index (χ4n) is 5.02. The first-order chi connectivity index (χ1) is 20.4. The van der Waals surface area contributed by atoms with E-state index in [9.17, 15) is 14.4 Å². The van der Waals surface area contributed by atoms with Crippen molar-refractivity contribution >= 4 is 29.1 Å². The van der Waals surface area contributed by atoms with E-state index in [-0.39, 0.29) is 43.6 Å². The number of ether oxygens (including phenoxy) is 6.